The van der Waals surface area contributed by atoms with Gasteiger partial charge in [0.1, 0.15) is 28.2 Å². The van der Waals surface area contributed by atoms with Gasteiger partial charge in [-0.1, -0.05) is 154 Å². The van der Waals surface area contributed by atoms with Gasteiger partial charge in [-0.3, -0.25) is 5.41 Å². The summed E-state index contributed by atoms with van der Waals surface area (Å²) in [6.45, 7) is 15.1. The van der Waals surface area contributed by atoms with Crippen molar-refractivity contribution in [3.8, 4) is 42.8 Å². The molecule has 0 saturated carbocycles. The summed E-state index contributed by atoms with van der Waals surface area (Å²) in [7, 11) is 0. The molecule has 0 spiro atoms. The predicted octanol–water partition coefficient (Wildman–Crippen LogP) is 20.9. The molecule has 2 unspecified atom stereocenters. The number of carbonyl (C=O) groups is 1. The minimum absolute atomic E-state index is 0.205. The molecule has 0 saturated heterocycles. The monoisotopic (exact) mass is 1180 g/mol. The number of hydrogen-bond donors (Lipinski definition) is 3. The van der Waals surface area contributed by atoms with Crippen LogP contribution in [0.5, 0.6) is 11.5 Å². The molecular formula is C70H77N5O4S4. The van der Waals surface area contributed by atoms with E-state index >= 15 is 0 Å². The van der Waals surface area contributed by atoms with Crippen molar-refractivity contribution in [3.63, 3.8) is 0 Å². The number of thiophene rings is 2. The van der Waals surface area contributed by atoms with Gasteiger partial charge in [-0.2, -0.15) is 8.75 Å². The van der Waals surface area contributed by atoms with Crippen molar-refractivity contribution in [1.29, 1.82) is 5.41 Å². The Morgan fingerprint density at radius 1 is 0.614 bits per heavy atom. The third-order valence-corrected chi connectivity index (χ3v) is 20.1. The molecule has 13 heteroatoms. The fourth-order valence-corrected chi connectivity index (χ4v) is 15.8. The van der Waals surface area contributed by atoms with Crippen LogP contribution < -0.4 is 14.4 Å². The van der Waals surface area contributed by atoms with Gasteiger partial charge >= 0.3 is 5.97 Å². The van der Waals surface area contributed by atoms with E-state index in [-0.39, 0.29) is 16.7 Å². The molecule has 0 fully saturated rings. The Hall–Kier alpha value is -6.64. The van der Waals surface area contributed by atoms with Crippen LogP contribution in [0.15, 0.2) is 138 Å². The van der Waals surface area contributed by atoms with E-state index in [1.165, 1.54) is 76.0 Å². The van der Waals surface area contributed by atoms with Crippen LogP contribution in [-0.4, -0.2) is 44.5 Å². The van der Waals surface area contributed by atoms with Gasteiger partial charge in [-0.05, 0) is 158 Å². The number of nitrogens with zero attached hydrogens (tertiary/aromatic N) is 4. The third-order valence-electron chi connectivity index (χ3n) is 16.8. The molecule has 3 heterocycles. The second-order valence-corrected chi connectivity index (χ2v) is 25.1. The normalized spacial score (nSPS) is 15.9. The summed E-state index contributed by atoms with van der Waals surface area (Å²) in [5.74, 6) is 1.85. The van der Waals surface area contributed by atoms with Gasteiger partial charge in [0.15, 0.2) is 0 Å². The highest BCUT2D eigenvalue weighted by molar-refractivity contribution is 7.79. The molecule has 3 aromatic heterocycles. The SMILES string of the molecule is CCCCCOc1ccc(N(c2ccc(OCCC)cc2)c2ccc(-c3ccc(-c4cc5c(s4)-c4sc(C6=CC=C(c7ccc(C(=O)O)cc7)C(=N)/C6=N\S)cc4C5(CC(CC)CCCC)CC(CC)CCCC)c4nsnc34)cc2)cc1. The van der Waals surface area contributed by atoms with E-state index in [0.717, 1.165) is 124 Å². The van der Waals surface area contributed by atoms with Gasteiger partial charge < -0.3 is 19.5 Å². The number of carboxylic acids is 1. The molecule has 0 radical (unpaired) electrons. The molecular weight excluding hydrogens is 1100 g/mol. The van der Waals surface area contributed by atoms with Crippen molar-refractivity contribution in [2.24, 2.45) is 16.2 Å². The van der Waals surface area contributed by atoms with Gasteiger partial charge in [-0.25, -0.2) is 9.19 Å². The number of rotatable bonds is 28. The molecule has 2 aliphatic carbocycles. The topological polar surface area (TPSA) is 121 Å². The fourth-order valence-electron chi connectivity index (χ4n) is 12.2. The first-order chi connectivity index (χ1) is 40.6. The van der Waals surface area contributed by atoms with Crippen LogP contribution in [0.3, 0.4) is 0 Å². The molecule has 2 aliphatic rings. The molecule has 83 heavy (non-hydrogen) atoms. The number of anilines is 3. The summed E-state index contributed by atoms with van der Waals surface area (Å²) in [6, 6.07) is 41.8. The van der Waals surface area contributed by atoms with Gasteiger partial charge in [0, 0.05) is 64.3 Å². The van der Waals surface area contributed by atoms with Crippen LogP contribution in [0.2, 0.25) is 0 Å². The summed E-state index contributed by atoms with van der Waals surface area (Å²) in [4.78, 5) is 18.9. The van der Waals surface area contributed by atoms with Crippen molar-refractivity contribution < 1.29 is 19.4 Å². The summed E-state index contributed by atoms with van der Waals surface area (Å²) >= 11 is 9.49. The first kappa shape index (κ1) is 59.5. The Kier molecular flexibility index (Phi) is 19.6. The molecule has 10 rings (SSSR count). The molecule has 2 atom stereocenters. The zero-order valence-electron chi connectivity index (χ0n) is 48.8. The number of thiol groups is 1. The average molecular weight is 1180 g/mol. The van der Waals surface area contributed by atoms with Crippen LogP contribution in [0.1, 0.15) is 163 Å². The third kappa shape index (κ3) is 12.6. The van der Waals surface area contributed by atoms with Crippen LogP contribution in [-0.2, 0) is 5.41 Å². The average Bonchev–Trinajstić information content (AvgIpc) is 1.69. The lowest BCUT2D eigenvalue weighted by atomic mass is 9.65. The second kappa shape index (κ2) is 27.4. The maximum Gasteiger partial charge on any atom is 0.335 e. The Balaban J connectivity index is 1.04. The number of hydrogen-bond acceptors (Lipinski definition) is 12. The number of unbranched alkanes of at least 4 members (excludes halogenated alkanes) is 4. The largest absolute Gasteiger partial charge is 0.494 e. The van der Waals surface area contributed by atoms with Crippen molar-refractivity contribution >= 4 is 104 Å². The highest BCUT2D eigenvalue weighted by Crippen LogP contribution is 2.63. The maximum atomic E-state index is 11.7. The highest BCUT2D eigenvalue weighted by Gasteiger charge is 2.48. The predicted molar refractivity (Wildman–Crippen MR) is 355 cm³/mol. The van der Waals surface area contributed by atoms with Gasteiger partial charge in [0.2, 0.25) is 0 Å². The zero-order valence-corrected chi connectivity index (χ0v) is 52.1. The van der Waals surface area contributed by atoms with E-state index in [1.807, 2.05) is 28.7 Å². The van der Waals surface area contributed by atoms with E-state index in [0.29, 0.717) is 36.3 Å². The number of benzene rings is 5. The van der Waals surface area contributed by atoms with Gasteiger partial charge in [-0.15, -0.1) is 22.7 Å². The van der Waals surface area contributed by atoms with E-state index in [2.05, 4.69) is 167 Å². The Bertz CT molecular complexity index is 3610. The Morgan fingerprint density at radius 2 is 1.12 bits per heavy atom. The van der Waals surface area contributed by atoms with Crippen molar-refractivity contribution in [2.45, 2.75) is 137 Å². The molecule has 430 valence electrons. The first-order valence-corrected chi connectivity index (χ1v) is 32.8. The standard InChI is InChI=1S/C70H77N5O4S4/c1-7-13-16-40-79-54-33-29-52(30-34-54)75(51-27-31-53(32-28-51)78-39-10-4)50-25-23-48(24-26-50)56-36-38-58(66-65(56)73-83-74-66)62-42-60-68(82-62)67-59(70(60,43-45(11-5)17-14-8-2)44-46(12-6)18-15-9-3)41-61(81-67)57-37-35-55(63(71)64(57)72-80)47-19-21-49(22-20-47)69(76)77/h19-38,41-42,45-46,71,80H,7-18,39-40,43-44H2,1-6H3,(H,76,77)/b71-63?,72-64-. The minimum Gasteiger partial charge on any atom is -0.494 e. The van der Waals surface area contributed by atoms with Crippen LogP contribution in [0, 0.1) is 17.2 Å². The molecule has 8 aromatic rings. The van der Waals surface area contributed by atoms with E-state index in [9.17, 15) is 15.3 Å². The molecule has 2 N–H and O–H groups in total. The summed E-state index contributed by atoms with van der Waals surface area (Å²) in [5, 5.41) is 19.1. The summed E-state index contributed by atoms with van der Waals surface area (Å²) < 4.78 is 26.7. The van der Waals surface area contributed by atoms with Crippen molar-refractivity contribution in [3.05, 3.63) is 161 Å². The van der Waals surface area contributed by atoms with Crippen LogP contribution in [0.4, 0.5) is 17.1 Å². The van der Waals surface area contributed by atoms with E-state index in [1.54, 1.807) is 24.3 Å². The Labute approximate surface area is 508 Å². The number of ether oxygens (including phenoxy) is 2. The number of nitrogens with one attached hydrogen (secondary N) is 1. The molecule has 0 bridgehead atoms. The molecule has 5 aromatic carbocycles. The van der Waals surface area contributed by atoms with Crippen LogP contribution >= 0.6 is 47.2 Å². The lowest BCUT2D eigenvalue weighted by Crippen LogP contribution is -2.31. The zero-order chi connectivity index (χ0) is 58.0. The van der Waals surface area contributed by atoms with E-state index < -0.39 is 5.97 Å². The number of carboxylic acid groups (broad SMARTS) is 1. The van der Waals surface area contributed by atoms with E-state index in [4.69, 9.17) is 18.2 Å². The van der Waals surface area contributed by atoms with Crippen molar-refractivity contribution in [2.75, 3.05) is 18.1 Å². The number of aromatic carboxylic acids is 1. The summed E-state index contributed by atoms with van der Waals surface area (Å²) in [5.41, 5.74) is 14.1. The quantitative estimate of drug-likeness (QED) is 0.0254. The Morgan fingerprint density at radius 3 is 1.66 bits per heavy atom. The second-order valence-electron chi connectivity index (χ2n) is 22.3. The molecule has 0 aliphatic heterocycles. The van der Waals surface area contributed by atoms with Crippen LogP contribution in [0.25, 0.3) is 53.5 Å². The summed E-state index contributed by atoms with van der Waals surface area (Å²) in [6.07, 6.45) is 20.0. The maximum absolute atomic E-state index is 11.7. The minimum atomic E-state index is -0.982. The van der Waals surface area contributed by atoms with Crippen molar-refractivity contribution in [1.82, 2.24) is 8.75 Å². The lowest BCUT2D eigenvalue weighted by Gasteiger charge is -2.37. The molecule has 9 nitrogen and oxygen atoms in total. The number of allylic oxidation sites excluding steroid dienone is 4. The fraction of sp³-hybridized carbons (Fsp3) is 0.357. The number of aromatic nitrogens is 2. The smallest absolute Gasteiger partial charge is 0.335 e. The molecule has 0 amide bonds. The highest BCUT2D eigenvalue weighted by atomic mass is 32.1. The van der Waals surface area contributed by atoms with Gasteiger partial charge in [0.05, 0.1) is 36.2 Å². The lowest BCUT2D eigenvalue weighted by molar-refractivity contribution is 0.0696. The first-order valence-electron chi connectivity index (χ1n) is 30.0. The van der Waals surface area contributed by atoms with Gasteiger partial charge in [0.25, 0.3) is 0 Å². The number of fused-ring (bicyclic) bond motifs is 4.